The van der Waals surface area contributed by atoms with Gasteiger partial charge in [0.15, 0.2) is 0 Å². The zero-order valence-corrected chi connectivity index (χ0v) is 9.16. The number of hydrogen-bond acceptors (Lipinski definition) is 4. The molecule has 0 unspecified atom stereocenters. The molecule has 16 heavy (non-hydrogen) atoms. The summed E-state index contributed by atoms with van der Waals surface area (Å²) >= 11 is 0. The Morgan fingerprint density at radius 2 is 2.19 bits per heavy atom. The molecule has 0 amide bonds. The number of nitro benzene ring substituents is 1. The average Bonchev–Trinajstić information content (AvgIpc) is 2.14. The van der Waals surface area contributed by atoms with Gasteiger partial charge in [-0.25, -0.2) is 4.39 Å². The van der Waals surface area contributed by atoms with Gasteiger partial charge in [0.05, 0.1) is 11.0 Å². The van der Waals surface area contributed by atoms with E-state index in [2.05, 4.69) is 5.32 Å². The lowest BCUT2D eigenvalue weighted by Crippen LogP contribution is -2.39. The summed E-state index contributed by atoms with van der Waals surface area (Å²) < 4.78 is 12.8. The van der Waals surface area contributed by atoms with E-state index in [1.807, 2.05) is 0 Å². The Bertz CT molecular complexity index is 402. The molecule has 5 nitrogen and oxygen atoms in total. The molecule has 0 fully saturated rings. The summed E-state index contributed by atoms with van der Waals surface area (Å²) in [6.07, 6.45) is 0. The first-order valence-electron chi connectivity index (χ1n) is 4.76. The van der Waals surface area contributed by atoms with Crippen molar-refractivity contribution in [2.45, 2.75) is 19.4 Å². The number of rotatable bonds is 4. The number of nitrogens with zero attached hydrogens (tertiary/aromatic N) is 1. The average molecular weight is 227 g/mol. The van der Waals surface area contributed by atoms with Crippen molar-refractivity contribution in [3.63, 3.8) is 0 Å². The van der Waals surface area contributed by atoms with E-state index in [-0.39, 0.29) is 11.4 Å². The maximum atomic E-state index is 12.8. The van der Waals surface area contributed by atoms with Crippen LogP contribution in [0.1, 0.15) is 13.8 Å². The predicted octanol–water partition coefficient (Wildman–Crippen LogP) is 1.88. The fourth-order valence-corrected chi connectivity index (χ4v) is 1.13. The standard InChI is InChI=1S/C10H14FN3O2/c1-10(2,12)6-13-8-4-3-7(11)5-9(8)14(15)16/h3-5,13H,6,12H2,1-2H3. The van der Waals surface area contributed by atoms with Crippen molar-refractivity contribution in [2.24, 2.45) is 5.73 Å². The predicted molar refractivity (Wildman–Crippen MR) is 59.8 cm³/mol. The lowest BCUT2D eigenvalue weighted by atomic mass is 10.1. The molecular formula is C10H14FN3O2. The van der Waals surface area contributed by atoms with Crippen LogP contribution in [-0.2, 0) is 0 Å². The van der Waals surface area contributed by atoms with Gasteiger partial charge in [-0.1, -0.05) is 0 Å². The Morgan fingerprint density at radius 3 is 2.69 bits per heavy atom. The van der Waals surface area contributed by atoms with Crippen molar-refractivity contribution >= 4 is 11.4 Å². The molecule has 0 bridgehead atoms. The first-order chi connectivity index (χ1) is 7.29. The molecule has 0 aliphatic carbocycles. The molecule has 0 atom stereocenters. The number of nitrogens with two attached hydrogens (primary N) is 1. The van der Waals surface area contributed by atoms with Crippen LogP contribution in [-0.4, -0.2) is 17.0 Å². The van der Waals surface area contributed by atoms with Crippen LogP contribution in [0.2, 0.25) is 0 Å². The van der Waals surface area contributed by atoms with Crippen molar-refractivity contribution in [2.75, 3.05) is 11.9 Å². The summed E-state index contributed by atoms with van der Waals surface area (Å²) in [5.41, 5.74) is 5.22. The molecule has 1 rings (SSSR count). The molecule has 0 aliphatic heterocycles. The summed E-state index contributed by atoms with van der Waals surface area (Å²) in [5.74, 6) is -0.635. The van der Waals surface area contributed by atoms with Crippen molar-refractivity contribution in [1.82, 2.24) is 0 Å². The number of nitro groups is 1. The Labute approximate surface area is 92.6 Å². The van der Waals surface area contributed by atoms with Gasteiger partial charge in [-0.3, -0.25) is 10.1 Å². The minimum atomic E-state index is -0.635. The van der Waals surface area contributed by atoms with Gasteiger partial charge in [-0.15, -0.1) is 0 Å². The van der Waals surface area contributed by atoms with E-state index in [1.165, 1.54) is 12.1 Å². The fraction of sp³-hybridized carbons (Fsp3) is 0.400. The van der Waals surface area contributed by atoms with E-state index in [9.17, 15) is 14.5 Å². The Kier molecular flexibility index (Phi) is 3.44. The molecule has 0 radical (unpaired) electrons. The second-order valence-electron chi connectivity index (χ2n) is 4.26. The number of halogens is 1. The van der Waals surface area contributed by atoms with Gasteiger partial charge >= 0.3 is 0 Å². The number of nitrogens with one attached hydrogen (secondary N) is 1. The molecule has 0 spiro atoms. The maximum absolute atomic E-state index is 12.8. The van der Waals surface area contributed by atoms with Gasteiger partial charge in [-0.2, -0.15) is 0 Å². The minimum absolute atomic E-state index is 0.268. The molecule has 1 aromatic carbocycles. The van der Waals surface area contributed by atoms with E-state index >= 15 is 0 Å². The van der Waals surface area contributed by atoms with Crippen molar-refractivity contribution < 1.29 is 9.31 Å². The summed E-state index contributed by atoms with van der Waals surface area (Å²) in [7, 11) is 0. The first-order valence-corrected chi connectivity index (χ1v) is 4.76. The van der Waals surface area contributed by atoms with Crippen LogP contribution < -0.4 is 11.1 Å². The third-order valence-electron chi connectivity index (χ3n) is 1.89. The zero-order chi connectivity index (χ0) is 12.3. The highest BCUT2D eigenvalue weighted by molar-refractivity contribution is 5.61. The molecule has 0 heterocycles. The van der Waals surface area contributed by atoms with Gasteiger partial charge in [-0.05, 0) is 26.0 Å². The largest absolute Gasteiger partial charge is 0.378 e. The lowest BCUT2D eigenvalue weighted by Gasteiger charge is -2.19. The van der Waals surface area contributed by atoms with E-state index in [4.69, 9.17) is 5.73 Å². The monoisotopic (exact) mass is 227 g/mol. The summed E-state index contributed by atoms with van der Waals surface area (Å²) in [4.78, 5) is 10.0. The molecule has 0 saturated heterocycles. The van der Waals surface area contributed by atoms with Crippen LogP contribution in [0.3, 0.4) is 0 Å². The van der Waals surface area contributed by atoms with Gasteiger partial charge in [0.2, 0.25) is 0 Å². The maximum Gasteiger partial charge on any atom is 0.295 e. The highest BCUT2D eigenvalue weighted by atomic mass is 19.1. The lowest BCUT2D eigenvalue weighted by molar-refractivity contribution is -0.384. The van der Waals surface area contributed by atoms with E-state index < -0.39 is 16.3 Å². The second-order valence-corrected chi connectivity index (χ2v) is 4.26. The van der Waals surface area contributed by atoms with Crippen LogP contribution in [0, 0.1) is 15.9 Å². The van der Waals surface area contributed by atoms with Gasteiger partial charge in [0.25, 0.3) is 5.69 Å². The zero-order valence-electron chi connectivity index (χ0n) is 9.16. The van der Waals surface area contributed by atoms with Crippen LogP contribution in [0.5, 0.6) is 0 Å². The van der Waals surface area contributed by atoms with Crippen LogP contribution in [0.4, 0.5) is 15.8 Å². The normalized spacial score (nSPS) is 11.2. The van der Waals surface area contributed by atoms with Crippen LogP contribution in [0.15, 0.2) is 18.2 Å². The highest BCUT2D eigenvalue weighted by Crippen LogP contribution is 2.25. The minimum Gasteiger partial charge on any atom is -0.378 e. The first kappa shape index (κ1) is 12.4. The number of hydrogen-bond donors (Lipinski definition) is 2. The molecule has 88 valence electrons. The quantitative estimate of drug-likeness (QED) is 0.607. The number of anilines is 1. The topological polar surface area (TPSA) is 81.2 Å². The SMILES string of the molecule is CC(C)(N)CNc1ccc(F)cc1[N+](=O)[O-]. The smallest absolute Gasteiger partial charge is 0.295 e. The summed E-state index contributed by atoms with van der Waals surface area (Å²) in [5, 5.41) is 13.5. The molecule has 3 N–H and O–H groups in total. The van der Waals surface area contributed by atoms with Crippen molar-refractivity contribution in [3.05, 3.63) is 34.1 Å². The summed E-state index contributed by atoms with van der Waals surface area (Å²) in [6.45, 7) is 3.93. The van der Waals surface area contributed by atoms with Crippen molar-refractivity contribution in [3.8, 4) is 0 Å². The van der Waals surface area contributed by atoms with E-state index in [0.717, 1.165) is 6.07 Å². The molecular weight excluding hydrogens is 213 g/mol. The van der Waals surface area contributed by atoms with Gasteiger partial charge in [0.1, 0.15) is 11.5 Å². The second kappa shape index (κ2) is 4.44. The molecule has 0 saturated carbocycles. The Hall–Kier alpha value is -1.69. The number of benzene rings is 1. The van der Waals surface area contributed by atoms with Gasteiger partial charge < -0.3 is 11.1 Å². The third kappa shape index (κ3) is 3.47. The van der Waals surface area contributed by atoms with Crippen molar-refractivity contribution in [1.29, 1.82) is 0 Å². The van der Waals surface area contributed by atoms with E-state index in [1.54, 1.807) is 13.8 Å². The highest BCUT2D eigenvalue weighted by Gasteiger charge is 2.17. The Balaban J connectivity index is 2.91. The Morgan fingerprint density at radius 1 is 1.56 bits per heavy atom. The van der Waals surface area contributed by atoms with Crippen LogP contribution in [0.25, 0.3) is 0 Å². The summed E-state index contributed by atoms with van der Waals surface area (Å²) in [6, 6.07) is 3.38. The molecule has 6 heteroatoms. The van der Waals surface area contributed by atoms with Gasteiger partial charge in [0, 0.05) is 12.1 Å². The molecule has 0 aromatic heterocycles. The van der Waals surface area contributed by atoms with E-state index in [0.29, 0.717) is 6.54 Å². The van der Waals surface area contributed by atoms with Crippen LogP contribution >= 0.6 is 0 Å². The fourth-order valence-electron chi connectivity index (χ4n) is 1.13. The third-order valence-corrected chi connectivity index (χ3v) is 1.89. The molecule has 0 aliphatic rings. The molecule has 1 aromatic rings.